The number of halogens is 3. The summed E-state index contributed by atoms with van der Waals surface area (Å²) >= 11 is 0. The van der Waals surface area contributed by atoms with E-state index in [4.69, 9.17) is 4.74 Å². The van der Waals surface area contributed by atoms with Gasteiger partial charge in [0.1, 0.15) is 6.61 Å². The number of carbonyl (C=O) groups excluding carboxylic acids is 1. The highest BCUT2D eigenvalue weighted by Gasteiger charge is 2.33. The van der Waals surface area contributed by atoms with Crippen LogP contribution in [0.2, 0.25) is 0 Å². The van der Waals surface area contributed by atoms with E-state index in [2.05, 4.69) is 20.5 Å². The molecular formula is C12H17F3N4O3. The average Bonchev–Trinajstić information content (AvgIpc) is 2.89. The lowest BCUT2D eigenvalue weighted by Gasteiger charge is -2.31. The van der Waals surface area contributed by atoms with Crippen molar-refractivity contribution in [2.75, 3.05) is 13.2 Å². The molecule has 1 heterocycles. The minimum Gasteiger partial charge on any atom is -0.368 e. The van der Waals surface area contributed by atoms with E-state index in [1.807, 2.05) is 0 Å². The van der Waals surface area contributed by atoms with Crippen molar-refractivity contribution >= 4 is 5.91 Å². The second-order valence-corrected chi connectivity index (χ2v) is 5.25. The lowest BCUT2D eigenvalue weighted by Crippen LogP contribution is -2.39. The van der Waals surface area contributed by atoms with Crippen LogP contribution in [-0.2, 0) is 4.74 Å². The molecule has 0 aliphatic heterocycles. The van der Waals surface area contributed by atoms with E-state index in [0.29, 0.717) is 12.8 Å². The van der Waals surface area contributed by atoms with Crippen LogP contribution in [0, 0.1) is 5.92 Å². The Hall–Kier alpha value is -1.84. The molecule has 1 aliphatic carbocycles. The van der Waals surface area contributed by atoms with Crippen molar-refractivity contribution in [3.63, 3.8) is 0 Å². The van der Waals surface area contributed by atoms with Crippen molar-refractivity contribution in [3.8, 4) is 0 Å². The molecule has 0 unspecified atom stereocenters. The van der Waals surface area contributed by atoms with Crippen LogP contribution in [0.1, 0.15) is 36.3 Å². The molecule has 3 N–H and O–H groups in total. The normalized spacial score (nSPS) is 22.5. The first-order chi connectivity index (χ1) is 10.3. The number of aromatic amines is 2. The zero-order valence-electron chi connectivity index (χ0n) is 11.7. The van der Waals surface area contributed by atoms with Gasteiger partial charge >= 0.3 is 11.9 Å². The predicted octanol–water partition coefficient (Wildman–Crippen LogP) is 0.965. The summed E-state index contributed by atoms with van der Waals surface area (Å²) in [6.45, 7) is -1.11. The van der Waals surface area contributed by atoms with E-state index >= 15 is 0 Å². The maximum absolute atomic E-state index is 12.2. The first kappa shape index (κ1) is 16.5. The first-order valence-electron chi connectivity index (χ1n) is 6.96. The summed E-state index contributed by atoms with van der Waals surface area (Å²) in [5.74, 6) is -0.933. The number of alkyl halides is 3. The predicted molar refractivity (Wildman–Crippen MR) is 69.3 cm³/mol. The third-order valence-corrected chi connectivity index (χ3v) is 3.54. The summed E-state index contributed by atoms with van der Waals surface area (Å²) in [6.07, 6.45) is -1.99. The molecule has 7 nitrogen and oxygen atoms in total. The molecular weight excluding hydrogens is 305 g/mol. The Balaban J connectivity index is 1.85. The number of rotatable bonds is 5. The SMILES string of the molecule is O=C(NC[C@@H]1CCCC[C@H]1OCC(F)(F)F)c1n[nH]c(=O)[nH]1. The molecule has 2 rings (SSSR count). The van der Waals surface area contributed by atoms with Crippen LogP contribution in [0.5, 0.6) is 0 Å². The first-order valence-corrected chi connectivity index (χ1v) is 6.96. The van der Waals surface area contributed by atoms with Crippen LogP contribution in [0.4, 0.5) is 13.2 Å². The van der Waals surface area contributed by atoms with E-state index in [9.17, 15) is 22.8 Å². The summed E-state index contributed by atoms with van der Waals surface area (Å²) in [6, 6.07) is 0. The summed E-state index contributed by atoms with van der Waals surface area (Å²) < 4.78 is 41.7. The smallest absolute Gasteiger partial charge is 0.368 e. The van der Waals surface area contributed by atoms with Gasteiger partial charge in [-0.1, -0.05) is 12.8 Å². The second-order valence-electron chi connectivity index (χ2n) is 5.25. The van der Waals surface area contributed by atoms with E-state index in [1.54, 1.807) is 0 Å². The van der Waals surface area contributed by atoms with Crippen LogP contribution in [0.25, 0.3) is 0 Å². The Morgan fingerprint density at radius 3 is 2.73 bits per heavy atom. The Labute approximate surface area is 123 Å². The topological polar surface area (TPSA) is 99.9 Å². The average molecular weight is 322 g/mol. The van der Waals surface area contributed by atoms with Gasteiger partial charge in [-0.05, 0) is 12.8 Å². The van der Waals surface area contributed by atoms with Crippen molar-refractivity contribution in [2.24, 2.45) is 5.92 Å². The molecule has 0 radical (unpaired) electrons. The summed E-state index contributed by atoms with van der Waals surface area (Å²) in [5.41, 5.74) is -0.603. The van der Waals surface area contributed by atoms with Gasteiger partial charge in [-0.2, -0.15) is 13.2 Å². The molecule has 1 amide bonds. The van der Waals surface area contributed by atoms with Gasteiger partial charge in [0.25, 0.3) is 5.91 Å². The van der Waals surface area contributed by atoms with Gasteiger partial charge in [0.05, 0.1) is 6.10 Å². The van der Waals surface area contributed by atoms with Crippen LogP contribution in [-0.4, -0.2) is 46.5 Å². The standard InChI is InChI=1S/C12H17F3N4O3/c13-12(14,15)6-22-8-4-2-1-3-7(8)5-16-10(20)9-17-11(21)19-18-9/h7-8H,1-6H2,(H,16,20)(H2,17,18,19,21)/t7-,8+/m0/s1. The van der Waals surface area contributed by atoms with Crippen molar-refractivity contribution < 1.29 is 22.7 Å². The lowest BCUT2D eigenvalue weighted by atomic mass is 9.86. The number of hydrogen-bond donors (Lipinski definition) is 3. The number of nitrogens with one attached hydrogen (secondary N) is 3. The zero-order chi connectivity index (χ0) is 16.2. The third-order valence-electron chi connectivity index (χ3n) is 3.54. The molecule has 0 bridgehead atoms. The van der Waals surface area contributed by atoms with E-state index in [-0.39, 0.29) is 18.3 Å². The second kappa shape index (κ2) is 6.95. The fourth-order valence-electron chi connectivity index (χ4n) is 2.51. The van der Waals surface area contributed by atoms with Crippen molar-refractivity contribution in [1.82, 2.24) is 20.5 Å². The molecule has 1 aromatic rings. The number of aromatic nitrogens is 3. The van der Waals surface area contributed by atoms with E-state index in [0.717, 1.165) is 12.8 Å². The highest BCUT2D eigenvalue weighted by molar-refractivity contribution is 5.90. The van der Waals surface area contributed by atoms with E-state index in [1.165, 1.54) is 0 Å². The maximum Gasteiger partial charge on any atom is 0.411 e. The van der Waals surface area contributed by atoms with Crippen molar-refractivity contribution in [1.29, 1.82) is 0 Å². The largest absolute Gasteiger partial charge is 0.411 e. The molecule has 124 valence electrons. The molecule has 10 heteroatoms. The molecule has 0 spiro atoms. The lowest BCUT2D eigenvalue weighted by molar-refractivity contribution is -0.193. The molecule has 0 aromatic carbocycles. The van der Waals surface area contributed by atoms with Gasteiger partial charge < -0.3 is 10.1 Å². The van der Waals surface area contributed by atoms with Crippen molar-refractivity contribution in [3.05, 3.63) is 16.3 Å². The quantitative estimate of drug-likeness (QED) is 0.752. The number of carbonyl (C=O) groups is 1. The van der Waals surface area contributed by atoms with Crippen LogP contribution >= 0.6 is 0 Å². The van der Waals surface area contributed by atoms with Gasteiger partial charge in [0.2, 0.25) is 5.82 Å². The van der Waals surface area contributed by atoms with E-state index < -0.39 is 30.5 Å². The van der Waals surface area contributed by atoms with Gasteiger partial charge in [-0.3, -0.25) is 9.78 Å². The van der Waals surface area contributed by atoms with Gasteiger partial charge in [-0.25, -0.2) is 9.89 Å². The molecule has 22 heavy (non-hydrogen) atoms. The number of amides is 1. The third kappa shape index (κ3) is 4.86. The molecule has 1 fully saturated rings. The van der Waals surface area contributed by atoms with Crippen LogP contribution in [0.15, 0.2) is 4.79 Å². The van der Waals surface area contributed by atoms with Crippen molar-refractivity contribution in [2.45, 2.75) is 38.0 Å². The highest BCUT2D eigenvalue weighted by Crippen LogP contribution is 2.28. The summed E-state index contributed by atoms with van der Waals surface area (Å²) in [7, 11) is 0. The molecule has 0 saturated heterocycles. The molecule has 1 saturated carbocycles. The fraction of sp³-hybridized carbons (Fsp3) is 0.750. The Kier molecular flexibility index (Phi) is 5.22. The molecule has 2 atom stereocenters. The highest BCUT2D eigenvalue weighted by atomic mass is 19.4. The maximum atomic E-state index is 12.2. The van der Waals surface area contributed by atoms with Gasteiger partial charge in [-0.15, -0.1) is 5.10 Å². The number of hydrogen-bond acceptors (Lipinski definition) is 4. The number of H-pyrrole nitrogens is 2. The Morgan fingerprint density at radius 1 is 1.36 bits per heavy atom. The Morgan fingerprint density at radius 2 is 2.09 bits per heavy atom. The van der Waals surface area contributed by atoms with Crippen LogP contribution in [0.3, 0.4) is 0 Å². The number of nitrogens with zero attached hydrogens (tertiary/aromatic N) is 1. The van der Waals surface area contributed by atoms with Crippen LogP contribution < -0.4 is 11.0 Å². The fourth-order valence-corrected chi connectivity index (χ4v) is 2.51. The monoisotopic (exact) mass is 322 g/mol. The summed E-state index contributed by atoms with van der Waals surface area (Å²) in [4.78, 5) is 24.8. The molecule has 1 aliphatic rings. The van der Waals surface area contributed by atoms with Gasteiger partial charge in [0, 0.05) is 12.5 Å². The minimum atomic E-state index is -4.36. The Bertz CT molecular complexity index is 554. The number of ether oxygens (including phenoxy) is 1. The minimum absolute atomic E-state index is 0.159. The molecule has 1 aromatic heterocycles. The zero-order valence-corrected chi connectivity index (χ0v) is 11.7. The summed E-state index contributed by atoms with van der Waals surface area (Å²) in [5, 5.41) is 8.10. The van der Waals surface area contributed by atoms with Gasteiger partial charge in [0.15, 0.2) is 0 Å².